The third kappa shape index (κ3) is 3.71. The maximum atomic E-state index is 10.9. The molecule has 1 aromatic carbocycles. The van der Waals surface area contributed by atoms with E-state index >= 15 is 0 Å². The number of methoxy groups -OCH3 is 1. The summed E-state index contributed by atoms with van der Waals surface area (Å²) in [6.45, 7) is 0. The van der Waals surface area contributed by atoms with Gasteiger partial charge in [0.15, 0.2) is 4.34 Å². The molecule has 0 bridgehead atoms. The quantitative estimate of drug-likeness (QED) is 0.459. The van der Waals surface area contributed by atoms with Crippen LogP contribution in [0.5, 0.6) is 0 Å². The van der Waals surface area contributed by atoms with E-state index in [4.69, 9.17) is 0 Å². The summed E-state index contributed by atoms with van der Waals surface area (Å²) in [5.74, 6) is 0.872. The Morgan fingerprint density at radius 1 is 1.39 bits per heavy atom. The molecule has 0 aliphatic heterocycles. The van der Waals surface area contributed by atoms with Gasteiger partial charge in [0.1, 0.15) is 0 Å². The number of hydrogen-bond acceptors (Lipinski definition) is 5. The van der Waals surface area contributed by atoms with Crippen LogP contribution >= 0.6 is 23.1 Å². The van der Waals surface area contributed by atoms with Gasteiger partial charge in [-0.05, 0) is 25.0 Å². The largest absolute Gasteiger partial charge is 0.469 e. The Morgan fingerprint density at radius 3 is 3.00 bits per heavy atom. The van der Waals surface area contributed by atoms with Gasteiger partial charge < -0.3 is 4.74 Å². The van der Waals surface area contributed by atoms with Gasteiger partial charge in [-0.15, -0.1) is 11.3 Å². The van der Waals surface area contributed by atoms with Crippen molar-refractivity contribution >= 4 is 39.3 Å². The number of rotatable bonds is 6. The molecule has 96 valence electrons. The van der Waals surface area contributed by atoms with Gasteiger partial charge in [-0.1, -0.05) is 23.9 Å². The smallest absolute Gasteiger partial charge is 0.305 e. The topological polar surface area (TPSA) is 39.2 Å². The van der Waals surface area contributed by atoms with Gasteiger partial charge in [-0.25, -0.2) is 4.98 Å². The first-order valence-electron chi connectivity index (χ1n) is 5.85. The van der Waals surface area contributed by atoms with Gasteiger partial charge in [0.25, 0.3) is 0 Å². The number of esters is 1. The van der Waals surface area contributed by atoms with Crippen LogP contribution in [0, 0.1) is 0 Å². The molecule has 0 amide bonds. The molecule has 0 radical (unpaired) electrons. The molecule has 3 nitrogen and oxygen atoms in total. The number of carbonyl (C=O) groups is 1. The zero-order valence-corrected chi connectivity index (χ0v) is 11.9. The number of aromatic nitrogens is 1. The summed E-state index contributed by atoms with van der Waals surface area (Å²) in [7, 11) is 1.43. The number of nitrogens with zero attached hydrogens (tertiary/aromatic N) is 1. The van der Waals surface area contributed by atoms with Gasteiger partial charge in [0.2, 0.25) is 0 Å². The summed E-state index contributed by atoms with van der Waals surface area (Å²) in [5.41, 5.74) is 1.07. The Morgan fingerprint density at radius 2 is 2.22 bits per heavy atom. The molecule has 1 heterocycles. The van der Waals surface area contributed by atoms with Crippen LogP contribution in [0.25, 0.3) is 10.2 Å². The summed E-state index contributed by atoms with van der Waals surface area (Å²) >= 11 is 3.49. The van der Waals surface area contributed by atoms with E-state index in [-0.39, 0.29) is 5.97 Å². The zero-order chi connectivity index (χ0) is 12.8. The Labute approximate surface area is 115 Å². The van der Waals surface area contributed by atoms with Crippen molar-refractivity contribution in [2.24, 2.45) is 0 Å². The minimum absolute atomic E-state index is 0.125. The first-order chi connectivity index (χ1) is 8.79. The molecule has 2 rings (SSSR count). The number of fused-ring (bicyclic) bond motifs is 1. The van der Waals surface area contributed by atoms with Crippen molar-refractivity contribution in [1.29, 1.82) is 0 Å². The number of unbranched alkanes of at least 4 members (excludes halogenated alkanes) is 1. The third-order valence-electron chi connectivity index (χ3n) is 2.50. The summed E-state index contributed by atoms with van der Waals surface area (Å²) < 4.78 is 6.94. The number of para-hydroxylation sites is 1. The zero-order valence-electron chi connectivity index (χ0n) is 10.2. The van der Waals surface area contributed by atoms with Crippen molar-refractivity contribution in [2.45, 2.75) is 23.6 Å². The molecule has 0 spiro atoms. The summed E-state index contributed by atoms with van der Waals surface area (Å²) in [5, 5.41) is 0. The highest BCUT2D eigenvalue weighted by atomic mass is 32.2. The van der Waals surface area contributed by atoms with Gasteiger partial charge in [-0.2, -0.15) is 0 Å². The average molecular weight is 281 g/mol. The summed E-state index contributed by atoms with van der Waals surface area (Å²) in [4.78, 5) is 15.5. The average Bonchev–Trinajstić information content (AvgIpc) is 2.80. The molecule has 0 aliphatic rings. The molecule has 0 N–H and O–H groups in total. The molecule has 0 aliphatic carbocycles. The number of thiazole rings is 1. The van der Waals surface area contributed by atoms with E-state index in [1.165, 1.54) is 11.8 Å². The van der Waals surface area contributed by atoms with E-state index in [2.05, 4.69) is 15.8 Å². The van der Waals surface area contributed by atoms with Gasteiger partial charge >= 0.3 is 5.97 Å². The van der Waals surface area contributed by atoms with Gasteiger partial charge in [-0.3, -0.25) is 4.79 Å². The molecule has 0 saturated heterocycles. The fourth-order valence-corrected chi connectivity index (χ4v) is 3.68. The van der Waals surface area contributed by atoms with Crippen molar-refractivity contribution in [2.75, 3.05) is 12.9 Å². The third-order valence-corrected chi connectivity index (χ3v) is 4.77. The lowest BCUT2D eigenvalue weighted by Gasteiger charge is -1.98. The lowest BCUT2D eigenvalue weighted by Crippen LogP contribution is -1.99. The van der Waals surface area contributed by atoms with Crippen LogP contribution in [-0.4, -0.2) is 23.8 Å². The molecule has 0 saturated carbocycles. The second-order valence-corrected chi connectivity index (χ2v) is 6.20. The Balaban J connectivity index is 1.75. The Hall–Kier alpha value is -1.07. The number of ether oxygens (including phenoxy) is 1. The van der Waals surface area contributed by atoms with Crippen LogP contribution < -0.4 is 0 Å². The normalized spacial score (nSPS) is 10.7. The van der Waals surface area contributed by atoms with Crippen molar-refractivity contribution in [1.82, 2.24) is 4.98 Å². The number of hydrogen-bond donors (Lipinski definition) is 0. The minimum Gasteiger partial charge on any atom is -0.469 e. The van der Waals surface area contributed by atoms with Crippen LogP contribution in [-0.2, 0) is 9.53 Å². The van der Waals surface area contributed by atoms with Crippen molar-refractivity contribution < 1.29 is 9.53 Å². The lowest BCUT2D eigenvalue weighted by molar-refractivity contribution is -0.140. The highest BCUT2D eigenvalue weighted by Crippen LogP contribution is 2.29. The van der Waals surface area contributed by atoms with E-state index in [1.807, 2.05) is 18.2 Å². The van der Waals surface area contributed by atoms with Crippen molar-refractivity contribution in [3.05, 3.63) is 24.3 Å². The maximum absolute atomic E-state index is 10.9. The predicted octanol–water partition coefficient (Wildman–Crippen LogP) is 3.73. The standard InChI is InChI=1S/C13H15NO2S2/c1-16-12(15)8-4-5-9-17-13-14-10-6-2-3-7-11(10)18-13/h2-3,6-7H,4-5,8-9H2,1H3. The fraction of sp³-hybridized carbons (Fsp3) is 0.385. The predicted molar refractivity (Wildman–Crippen MR) is 76.2 cm³/mol. The fourth-order valence-electron chi connectivity index (χ4n) is 1.55. The highest BCUT2D eigenvalue weighted by Gasteiger charge is 2.04. The van der Waals surface area contributed by atoms with Crippen LogP contribution in [0.3, 0.4) is 0 Å². The molecule has 5 heteroatoms. The molecule has 18 heavy (non-hydrogen) atoms. The van der Waals surface area contributed by atoms with E-state index in [0.29, 0.717) is 6.42 Å². The summed E-state index contributed by atoms with van der Waals surface area (Å²) in [6, 6.07) is 8.17. The Bertz CT molecular complexity index is 491. The van der Waals surface area contributed by atoms with Crippen LogP contribution in [0.4, 0.5) is 0 Å². The second kappa shape index (κ2) is 6.75. The maximum Gasteiger partial charge on any atom is 0.305 e. The minimum atomic E-state index is -0.125. The molecular weight excluding hydrogens is 266 g/mol. The second-order valence-electron chi connectivity index (χ2n) is 3.83. The first-order valence-corrected chi connectivity index (χ1v) is 7.65. The van der Waals surface area contributed by atoms with E-state index in [0.717, 1.165) is 28.5 Å². The number of thioether (sulfide) groups is 1. The number of benzene rings is 1. The van der Waals surface area contributed by atoms with Crippen LogP contribution in [0.1, 0.15) is 19.3 Å². The highest BCUT2D eigenvalue weighted by molar-refractivity contribution is 8.01. The molecule has 0 fully saturated rings. The van der Waals surface area contributed by atoms with Crippen molar-refractivity contribution in [3.8, 4) is 0 Å². The SMILES string of the molecule is COC(=O)CCCCSc1nc2ccccc2s1. The van der Waals surface area contributed by atoms with E-state index in [1.54, 1.807) is 23.1 Å². The van der Waals surface area contributed by atoms with Gasteiger partial charge in [0, 0.05) is 12.2 Å². The van der Waals surface area contributed by atoms with E-state index < -0.39 is 0 Å². The van der Waals surface area contributed by atoms with Gasteiger partial charge in [0.05, 0.1) is 17.3 Å². The first kappa shape index (κ1) is 13.4. The molecule has 0 atom stereocenters. The Kier molecular flexibility index (Phi) is 5.01. The monoisotopic (exact) mass is 281 g/mol. The molecule has 1 aromatic heterocycles. The molecule has 0 unspecified atom stereocenters. The van der Waals surface area contributed by atoms with Crippen molar-refractivity contribution in [3.63, 3.8) is 0 Å². The van der Waals surface area contributed by atoms with Crippen LogP contribution in [0.2, 0.25) is 0 Å². The molecular formula is C13H15NO2S2. The molecule has 2 aromatic rings. The van der Waals surface area contributed by atoms with Crippen LogP contribution in [0.15, 0.2) is 28.6 Å². The summed E-state index contributed by atoms with van der Waals surface area (Å²) in [6.07, 6.45) is 2.40. The lowest BCUT2D eigenvalue weighted by atomic mass is 10.2. The van der Waals surface area contributed by atoms with E-state index in [9.17, 15) is 4.79 Å². The number of carbonyl (C=O) groups excluding carboxylic acids is 1.